The first-order chi connectivity index (χ1) is 6.65. The van der Waals surface area contributed by atoms with Crippen molar-refractivity contribution in [2.75, 3.05) is 14.2 Å². The Bertz CT molecular complexity index is 157. The number of nitrogens with one attached hydrogen (secondary N) is 1. The summed E-state index contributed by atoms with van der Waals surface area (Å²) >= 11 is 0. The zero-order chi connectivity index (χ0) is 11.0. The summed E-state index contributed by atoms with van der Waals surface area (Å²) in [5.41, 5.74) is 0.173. The van der Waals surface area contributed by atoms with Crippen LogP contribution in [-0.2, 0) is 14.6 Å². The minimum atomic E-state index is -0.900. The Morgan fingerprint density at radius 1 is 1.36 bits per heavy atom. The van der Waals surface area contributed by atoms with Crippen molar-refractivity contribution in [2.24, 2.45) is 0 Å². The number of unbranched alkanes of at least 4 members (excludes halogenated alkanes) is 1. The van der Waals surface area contributed by atoms with Crippen LogP contribution >= 0.6 is 0 Å². The van der Waals surface area contributed by atoms with E-state index < -0.39 is 12.4 Å². The second kappa shape index (κ2) is 7.91. The molecule has 1 unspecified atom stereocenters. The average molecular weight is 202 g/mol. The standard InChI is InChI=1S/C10H20NO3/c1-4-5-6-9(12)8(11)7-10(13-2)14-3/h9-11H,4-7H2,1-3H3. The molecule has 0 saturated heterocycles. The maximum atomic E-state index is 11.4. The molecule has 0 bridgehead atoms. The molecule has 0 aromatic rings. The molecular weight excluding hydrogens is 182 g/mol. The fraction of sp³-hybridized carbons (Fsp3) is 0.900. The van der Waals surface area contributed by atoms with Gasteiger partial charge in [-0.1, -0.05) is 19.8 Å². The van der Waals surface area contributed by atoms with E-state index in [4.69, 9.17) is 14.9 Å². The van der Waals surface area contributed by atoms with Crippen LogP contribution in [-0.4, -0.2) is 32.3 Å². The van der Waals surface area contributed by atoms with Crippen LogP contribution in [0.2, 0.25) is 0 Å². The van der Waals surface area contributed by atoms with E-state index >= 15 is 0 Å². The summed E-state index contributed by atoms with van der Waals surface area (Å²) in [5.74, 6) is 0. The van der Waals surface area contributed by atoms with Gasteiger partial charge in [0.05, 0.1) is 0 Å². The molecule has 83 valence electrons. The highest BCUT2D eigenvalue weighted by molar-refractivity contribution is 5.85. The Kier molecular flexibility index (Phi) is 7.65. The number of rotatable bonds is 8. The van der Waals surface area contributed by atoms with Crippen LogP contribution in [0.15, 0.2) is 0 Å². The summed E-state index contributed by atoms with van der Waals surface area (Å²) in [4.78, 5) is 0. The van der Waals surface area contributed by atoms with Gasteiger partial charge >= 0.3 is 0 Å². The predicted molar refractivity (Wildman–Crippen MR) is 54.1 cm³/mol. The van der Waals surface area contributed by atoms with E-state index in [0.29, 0.717) is 6.42 Å². The summed E-state index contributed by atoms with van der Waals surface area (Å²) in [5, 5.41) is 19.0. The summed E-state index contributed by atoms with van der Waals surface area (Å²) in [6.45, 7) is 2.03. The normalized spacial score (nSPS) is 13.2. The molecule has 4 heteroatoms. The molecule has 1 radical (unpaired) electrons. The summed E-state index contributed by atoms with van der Waals surface area (Å²) in [6, 6.07) is 0. The third-order valence-electron chi connectivity index (χ3n) is 2.12. The molecule has 1 N–H and O–H groups in total. The molecule has 0 spiro atoms. The van der Waals surface area contributed by atoms with Crippen molar-refractivity contribution in [3.8, 4) is 0 Å². The molecule has 0 aliphatic carbocycles. The van der Waals surface area contributed by atoms with Crippen LogP contribution in [0.1, 0.15) is 32.6 Å². The lowest BCUT2D eigenvalue weighted by Gasteiger charge is -2.15. The van der Waals surface area contributed by atoms with E-state index in [-0.39, 0.29) is 12.1 Å². The predicted octanol–water partition coefficient (Wildman–Crippen LogP) is 2.00. The highest BCUT2D eigenvalue weighted by Gasteiger charge is 2.17. The lowest BCUT2D eigenvalue weighted by molar-refractivity contribution is -0.0972. The molecule has 0 heterocycles. The van der Waals surface area contributed by atoms with Crippen LogP contribution in [0.4, 0.5) is 0 Å². The van der Waals surface area contributed by atoms with Crippen LogP contribution < -0.4 is 0 Å². The van der Waals surface area contributed by atoms with Crippen LogP contribution in [0.5, 0.6) is 0 Å². The molecule has 14 heavy (non-hydrogen) atoms. The number of methoxy groups -OCH3 is 2. The van der Waals surface area contributed by atoms with Gasteiger partial charge in [0.2, 0.25) is 0 Å². The highest BCUT2D eigenvalue weighted by Crippen LogP contribution is 2.08. The Balaban J connectivity index is 3.81. The van der Waals surface area contributed by atoms with Gasteiger partial charge in [-0.15, -0.1) is 0 Å². The van der Waals surface area contributed by atoms with Gasteiger partial charge in [0, 0.05) is 26.4 Å². The van der Waals surface area contributed by atoms with Gasteiger partial charge in [-0.3, -0.25) is 0 Å². The second-order valence-electron chi connectivity index (χ2n) is 3.26. The van der Waals surface area contributed by atoms with Crippen molar-refractivity contribution in [1.82, 2.24) is 0 Å². The maximum Gasteiger partial charge on any atom is 0.162 e. The first-order valence-electron chi connectivity index (χ1n) is 4.94. The molecule has 1 atom stereocenters. The van der Waals surface area contributed by atoms with Gasteiger partial charge in [0.1, 0.15) is 6.10 Å². The summed E-state index contributed by atoms with van der Waals surface area (Å²) in [7, 11) is 3.01. The molecule has 0 aliphatic rings. The van der Waals surface area contributed by atoms with E-state index in [9.17, 15) is 5.11 Å². The van der Waals surface area contributed by atoms with Crippen LogP contribution in [0, 0.1) is 5.41 Å². The van der Waals surface area contributed by atoms with Crippen molar-refractivity contribution in [3.63, 3.8) is 0 Å². The Morgan fingerprint density at radius 3 is 2.36 bits per heavy atom. The minimum Gasteiger partial charge on any atom is -0.356 e. The van der Waals surface area contributed by atoms with Crippen LogP contribution in [0.3, 0.4) is 0 Å². The van der Waals surface area contributed by atoms with Gasteiger partial charge in [0.15, 0.2) is 6.29 Å². The van der Waals surface area contributed by atoms with Crippen LogP contribution in [0.25, 0.3) is 0 Å². The van der Waals surface area contributed by atoms with E-state index in [0.717, 1.165) is 12.8 Å². The van der Waals surface area contributed by atoms with Crippen molar-refractivity contribution >= 4 is 5.71 Å². The molecular formula is C10H20NO3. The van der Waals surface area contributed by atoms with Gasteiger partial charge in [-0.2, -0.15) is 0 Å². The van der Waals surface area contributed by atoms with E-state index in [1.165, 1.54) is 14.2 Å². The molecule has 0 saturated carbocycles. The lowest BCUT2D eigenvalue weighted by atomic mass is 10.1. The molecule has 0 aliphatic heterocycles. The topological polar surface area (TPSA) is 62.2 Å². The van der Waals surface area contributed by atoms with E-state index in [1.54, 1.807) is 0 Å². The van der Waals surface area contributed by atoms with Gasteiger partial charge < -0.3 is 14.9 Å². The van der Waals surface area contributed by atoms with Gasteiger partial charge in [0.25, 0.3) is 0 Å². The second-order valence-corrected chi connectivity index (χ2v) is 3.26. The molecule has 0 rings (SSSR count). The van der Waals surface area contributed by atoms with E-state index in [1.807, 2.05) is 6.92 Å². The SMILES string of the molecule is CCCCC([O])C(=N)CC(OC)OC. The van der Waals surface area contributed by atoms with Gasteiger partial charge in [-0.05, 0) is 6.42 Å². The first-order valence-corrected chi connectivity index (χ1v) is 4.94. The molecule has 0 aromatic carbocycles. The molecule has 4 nitrogen and oxygen atoms in total. The number of hydrogen-bond donors (Lipinski definition) is 1. The fourth-order valence-corrected chi connectivity index (χ4v) is 1.14. The Morgan fingerprint density at radius 2 is 1.93 bits per heavy atom. The van der Waals surface area contributed by atoms with Crippen molar-refractivity contribution in [1.29, 1.82) is 5.41 Å². The minimum absolute atomic E-state index is 0.173. The number of ether oxygens (including phenoxy) is 2. The smallest absolute Gasteiger partial charge is 0.162 e. The lowest BCUT2D eigenvalue weighted by Crippen LogP contribution is -2.25. The maximum absolute atomic E-state index is 11.4. The molecule has 0 amide bonds. The van der Waals surface area contributed by atoms with Gasteiger partial charge in [-0.25, -0.2) is 5.11 Å². The summed E-state index contributed by atoms with van der Waals surface area (Å²) < 4.78 is 9.85. The largest absolute Gasteiger partial charge is 0.356 e. The van der Waals surface area contributed by atoms with E-state index in [2.05, 4.69) is 0 Å². The zero-order valence-corrected chi connectivity index (χ0v) is 9.21. The number of hydrogen-bond acceptors (Lipinski definition) is 3. The Hall–Kier alpha value is -0.450. The molecule has 0 aromatic heterocycles. The van der Waals surface area contributed by atoms with Crippen molar-refractivity contribution < 1.29 is 14.6 Å². The summed E-state index contributed by atoms with van der Waals surface area (Å²) in [6.07, 6.45) is 1.31. The Labute approximate surface area is 85.7 Å². The highest BCUT2D eigenvalue weighted by atomic mass is 16.7. The molecule has 0 fully saturated rings. The van der Waals surface area contributed by atoms with Crippen molar-refractivity contribution in [2.45, 2.75) is 45.0 Å². The third-order valence-corrected chi connectivity index (χ3v) is 2.12. The average Bonchev–Trinajstić information content (AvgIpc) is 2.21. The fourth-order valence-electron chi connectivity index (χ4n) is 1.14. The van der Waals surface area contributed by atoms with Crippen molar-refractivity contribution in [3.05, 3.63) is 0 Å². The quantitative estimate of drug-likeness (QED) is 0.483. The third kappa shape index (κ3) is 5.32. The monoisotopic (exact) mass is 202 g/mol. The first kappa shape index (κ1) is 13.5. The zero-order valence-electron chi connectivity index (χ0n) is 9.21.